The lowest BCUT2D eigenvalue weighted by molar-refractivity contribution is -0.0364. The highest BCUT2D eigenvalue weighted by molar-refractivity contribution is 5.94. The number of hydrogen-bond acceptors (Lipinski definition) is 6. The number of rotatable bonds is 10. The van der Waals surface area contributed by atoms with Crippen LogP contribution in [0.3, 0.4) is 0 Å². The molecule has 0 saturated carbocycles. The highest BCUT2D eigenvalue weighted by atomic mass is 16.6. The molecule has 0 aromatic heterocycles. The molecule has 0 radical (unpaired) electrons. The highest BCUT2D eigenvalue weighted by Crippen LogP contribution is 2.15. The predicted octanol–water partition coefficient (Wildman–Crippen LogP) is 2.77. The first-order chi connectivity index (χ1) is 11.5. The van der Waals surface area contributed by atoms with E-state index < -0.39 is 18.0 Å². The van der Waals surface area contributed by atoms with Crippen LogP contribution in [0.25, 0.3) is 0 Å². The fourth-order valence-electron chi connectivity index (χ4n) is 2.06. The van der Waals surface area contributed by atoms with E-state index in [0.29, 0.717) is 36.5 Å². The Morgan fingerprint density at radius 1 is 0.958 bits per heavy atom. The molecule has 1 aromatic rings. The van der Waals surface area contributed by atoms with Crippen LogP contribution >= 0.6 is 0 Å². The van der Waals surface area contributed by atoms with Gasteiger partial charge < -0.3 is 18.9 Å². The zero-order valence-electron chi connectivity index (χ0n) is 14.8. The third-order valence-corrected chi connectivity index (χ3v) is 3.25. The van der Waals surface area contributed by atoms with Gasteiger partial charge in [-0.2, -0.15) is 0 Å². The van der Waals surface area contributed by atoms with Crippen molar-refractivity contribution >= 4 is 11.9 Å². The number of ether oxygens (including phenoxy) is 4. The van der Waals surface area contributed by atoms with Crippen molar-refractivity contribution in [1.29, 1.82) is 0 Å². The van der Waals surface area contributed by atoms with Crippen LogP contribution in [0, 0.1) is 6.92 Å². The fourth-order valence-corrected chi connectivity index (χ4v) is 2.06. The maximum absolute atomic E-state index is 12.4. The van der Waals surface area contributed by atoms with Crippen molar-refractivity contribution in [3.8, 4) is 0 Å². The third kappa shape index (κ3) is 6.29. The second-order valence-electron chi connectivity index (χ2n) is 5.10. The molecule has 6 heteroatoms. The average Bonchev–Trinajstić information content (AvgIpc) is 2.57. The number of aryl methyl sites for hydroxylation is 1. The van der Waals surface area contributed by atoms with Crippen molar-refractivity contribution in [1.82, 2.24) is 0 Å². The smallest absolute Gasteiger partial charge is 0.338 e. The van der Waals surface area contributed by atoms with Gasteiger partial charge in [0.1, 0.15) is 6.10 Å². The topological polar surface area (TPSA) is 71.1 Å². The van der Waals surface area contributed by atoms with Crippen molar-refractivity contribution in [2.45, 2.75) is 33.8 Å². The molecule has 0 heterocycles. The van der Waals surface area contributed by atoms with Gasteiger partial charge in [-0.1, -0.05) is 0 Å². The molecule has 1 aromatic carbocycles. The van der Waals surface area contributed by atoms with Crippen LogP contribution in [0.1, 0.15) is 47.1 Å². The molecular weight excluding hydrogens is 312 g/mol. The summed E-state index contributed by atoms with van der Waals surface area (Å²) in [5, 5.41) is 0. The van der Waals surface area contributed by atoms with Gasteiger partial charge in [0.25, 0.3) is 0 Å². The molecule has 0 bridgehead atoms. The summed E-state index contributed by atoms with van der Waals surface area (Å²) >= 11 is 0. The number of benzene rings is 1. The monoisotopic (exact) mass is 338 g/mol. The van der Waals surface area contributed by atoms with Gasteiger partial charge in [-0.15, -0.1) is 0 Å². The lowest BCUT2D eigenvalue weighted by Crippen LogP contribution is -2.29. The fraction of sp³-hybridized carbons (Fsp3) is 0.556. The molecule has 0 aliphatic carbocycles. The maximum Gasteiger partial charge on any atom is 0.338 e. The zero-order valence-corrected chi connectivity index (χ0v) is 14.8. The normalized spacial score (nSPS) is 10.7. The summed E-state index contributed by atoms with van der Waals surface area (Å²) in [6.07, 6.45) is -0.471. The Bertz CT molecular complexity index is 532. The first-order valence-electron chi connectivity index (χ1n) is 8.17. The Kier molecular flexibility index (Phi) is 9.04. The molecule has 134 valence electrons. The zero-order chi connectivity index (χ0) is 17.9. The molecule has 0 aliphatic rings. The SMILES string of the molecule is CCOCC(COCC)OC(=O)c1ccc(C(=O)OCC)cc1C. The van der Waals surface area contributed by atoms with Crippen molar-refractivity contribution in [2.75, 3.05) is 33.0 Å². The second-order valence-corrected chi connectivity index (χ2v) is 5.10. The van der Waals surface area contributed by atoms with E-state index in [0.717, 1.165) is 0 Å². The van der Waals surface area contributed by atoms with Gasteiger partial charge in [0.05, 0.1) is 30.9 Å². The first kappa shape index (κ1) is 20.1. The number of esters is 2. The van der Waals surface area contributed by atoms with Gasteiger partial charge in [-0.05, 0) is 51.5 Å². The predicted molar refractivity (Wildman–Crippen MR) is 89.3 cm³/mol. The molecule has 0 spiro atoms. The lowest BCUT2D eigenvalue weighted by Gasteiger charge is -2.18. The van der Waals surface area contributed by atoms with Crippen molar-refractivity contribution in [3.05, 3.63) is 34.9 Å². The molecule has 0 unspecified atom stereocenters. The minimum atomic E-state index is -0.471. The summed E-state index contributed by atoms with van der Waals surface area (Å²) in [5.41, 5.74) is 1.46. The molecule has 6 nitrogen and oxygen atoms in total. The maximum atomic E-state index is 12.4. The number of carbonyl (C=O) groups is 2. The quantitative estimate of drug-likeness (QED) is 0.611. The van der Waals surface area contributed by atoms with E-state index in [4.69, 9.17) is 18.9 Å². The lowest BCUT2D eigenvalue weighted by atomic mass is 10.1. The Labute approximate surface area is 143 Å². The second kappa shape index (κ2) is 10.8. The van der Waals surface area contributed by atoms with E-state index in [-0.39, 0.29) is 13.2 Å². The van der Waals surface area contributed by atoms with Crippen LogP contribution in [0.2, 0.25) is 0 Å². The van der Waals surface area contributed by atoms with Crippen LogP contribution < -0.4 is 0 Å². The van der Waals surface area contributed by atoms with Gasteiger partial charge >= 0.3 is 11.9 Å². The Morgan fingerprint density at radius 2 is 1.58 bits per heavy atom. The molecule has 0 atom stereocenters. The molecule has 1 rings (SSSR count). The average molecular weight is 338 g/mol. The van der Waals surface area contributed by atoms with E-state index in [9.17, 15) is 9.59 Å². The van der Waals surface area contributed by atoms with Gasteiger partial charge in [0.2, 0.25) is 0 Å². The minimum absolute atomic E-state index is 0.280. The summed E-state index contributed by atoms with van der Waals surface area (Å²) in [7, 11) is 0. The Hall–Kier alpha value is -1.92. The van der Waals surface area contributed by atoms with Crippen molar-refractivity contribution < 1.29 is 28.5 Å². The summed E-state index contributed by atoms with van der Waals surface area (Å²) in [6.45, 7) is 9.17. The van der Waals surface area contributed by atoms with E-state index in [1.807, 2.05) is 13.8 Å². The molecule has 0 amide bonds. The van der Waals surface area contributed by atoms with Gasteiger partial charge in [-0.3, -0.25) is 0 Å². The minimum Gasteiger partial charge on any atom is -0.462 e. The van der Waals surface area contributed by atoms with Crippen molar-refractivity contribution in [2.24, 2.45) is 0 Å². The summed E-state index contributed by atoms with van der Waals surface area (Å²) < 4.78 is 21.1. The van der Waals surface area contributed by atoms with E-state index in [1.165, 1.54) is 0 Å². The molecule has 0 aliphatic heterocycles. The van der Waals surface area contributed by atoms with E-state index in [2.05, 4.69) is 0 Å². The van der Waals surface area contributed by atoms with Gasteiger partial charge in [0, 0.05) is 13.2 Å². The van der Waals surface area contributed by atoms with Crippen LogP contribution in [0.15, 0.2) is 18.2 Å². The Balaban J connectivity index is 2.79. The third-order valence-electron chi connectivity index (χ3n) is 3.25. The highest BCUT2D eigenvalue weighted by Gasteiger charge is 2.19. The van der Waals surface area contributed by atoms with Crippen LogP contribution in [0.5, 0.6) is 0 Å². The first-order valence-corrected chi connectivity index (χ1v) is 8.17. The summed E-state index contributed by atoms with van der Waals surface area (Å²) in [5.74, 6) is -0.876. The summed E-state index contributed by atoms with van der Waals surface area (Å²) in [6, 6.07) is 4.75. The van der Waals surface area contributed by atoms with Gasteiger partial charge in [-0.25, -0.2) is 9.59 Å². The summed E-state index contributed by atoms with van der Waals surface area (Å²) in [4.78, 5) is 24.1. The molecular formula is C18H26O6. The van der Waals surface area contributed by atoms with E-state index in [1.54, 1.807) is 32.0 Å². The standard InChI is InChI=1S/C18H26O6/c1-5-21-11-15(12-22-6-2)24-18(20)16-9-8-14(10-13(16)4)17(19)23-7-3/h8-10,15H,5-7,11-12H2,1-4H3. The Morgan fingerprint density at radius 3 is 2.08 bits per heavy atom. The van der Waals surface area contributed by atoms with Crippen LogP contribution in [-0.4, -0.2) is 51.1 Å². The van der Waals surface area contributed by atoms with Crippen LogP contribution in [0.4, 0.5) is 0 Å². The molecule has 0 saturated heterocycles. The molecule has 0 N–H and O–H groups in total. The van der Waals surface area contributed by atoms with E-state index >= 15 is 0 Å². The molecule has 24 heavy (non-hydrogen) atoms. The van der Waals surface area contributed by atoms with Gasteiger partial charge in [0.15, 0.2) is 0 Å². The van der Waals surface area contributed by atoms with Crippen LogP contribution in [-0.2, 0) is 18.9 Å². The largest absolute Gasteiger partial charge is 0.462 e. The van der Waals surface area contributed by atoms with Crippen molar-refractivity contribution in [3.63, 3.8) is 0 Å². The number of hydrogen-bond donors (Lipinski definition) is 0. The molecule has 0 fully saturated rings. The number of carbonyl (C=O) groups excluding carboxylic acids is 2.